The number of aliphatic hydroxyl groups is 1. The van der Waals surface area contributed by atoms with Crippen LogP contribution in [0.25, 0.3) is 6.08 Å². The van der Waals surface area contributed by atoms with E-state index in [4.69, 9.17) is 19.1 Å². The zero-order valence-electron chi connectivity index (χ0n) is 13.8. The molecule has 0 amide bonds. The highest BCUT2D eigenvalue weighted by Crippen LogP contribution is 2.32. The molecule has 1 N–H and O–H groups in total. The van der Waals surface area contributed by atoms with Gasteiger partial charge < -0.3 is 19.1 Å². The van der Waals surface area contributed by atoms with E-state index in [1.54, 1.807) is 6.08 Å². The molecule has 0 fully saturated rings. The lowest BCUT2D eigenvalue weighted by atomic mass is 10.1. The summed E-state index contributed by atoms with van der Waals surface area (Å²) in [7, 11) is 0. The molecule has 0 unspecified atom stereocenters. The van der Waals surface area contributed by atoms with Crippen LogP contribution >= 0.6 is 0 Å². The minimum Gasteiger partial charge on any atom is -0.490 e. The number of hydrogen-bond donors (Lipinski definition) is 1. The Labute approximate surface area is 140 Å². The maximum Gasteiger partial charge on any atom is 0.207 e. The first-order valence-corrected chi connectivity index (χ1v) is 7.87. The van der Waals surface area contributed by atoms with Gasteiger partial charge >= 0.3 is 0 Å². The molecule has 1 aromatic carbocycles. The molecule has 0 saturated heterocycles. The molecule has 0 aliphatic carbocycles. The van der Waals surface area contributed by atoms with Crippen LogP contribution < -0.4 is 9.47 Å². The molecule has 24 heavy (non-hydrogen) atoms. The average molecular weight is 331 g/mol. The van der Waals surface area contributed by atoms with E-state index in [2.05, 4.69) is 5.16 Å². The van der Waals surface area contributed by atoms with Gasteiger partial charge in [-0.1, -0.05) is 24.2 Å². The normalized spacial score (nSPS) is 11.0. The molecule has 0 spiro atoms. The minimum absolute atomic E-state index is 0.146. The van der Waals surface area contributed by atoms with E-state index < -0.39 is 0 Å². The first kappa shape index (κ1) is 17.7. The van der Waals surface area contributed by atoms with E-state index in [1.165, 1.54) is 12.1 Å². The van der Waals surface area contributed by atoms with Gasteiger partial charge in [0.25, 0.3) is 0 Å². The van der Waals surface area contributed by atoms with Crippen LogP contribution in [0.4, 0.5) is 0 Å². The van der Waals surface area contributed by atoms with Gasteiger partial charge in [-0.3, -0.25) is 4.79 Å². The van der Waals surface area contributed by atoms with Crippen molar-refractivity contribution in [1.29, 1.82) is 0 Å². The number of allylic oxidation sites excluding steroid dienone is 1. The second-order valence-electron chi connectivity index (χ2n) is 4.99. The Balaban J connectivity index is 2.23. The van der Waals surface area contributed by atoms with E-state index in [9.17, 15) is 4.79 Å². The molecule has 0 radical (unpaired) electrons. The third-order valence-electron chi connectivity index (χ3n) is 3.14. The molecule has 0 aliphatic heterocycles. The molecule has 2 rings (SSSR count). The number of aromatic nitrogens is 1. The molecule has 0 saturated carbocycles. The zero-order chi connectivity index (χ0) is 17.4. The third-order valence-corrected chi connectivity index (χ3v) is 3.14. The first-order chi connectivity index (χ1) is 11.7. The van der Waals surface area contributed by atoms with Crippen molar-refractivity contribution in [2.45, 2.75) is 26.9 Å². The number of benzene rings is 1. The summed E-state index contributed by atoms with van der Waals surface area (Å²) in [6.07, 6.45) is 3.91. The van der Waals surface area contributed by atoms with Crippen molar-refractivity contribution in [2.75, 3.05) is 13.2 Å². The van der Waals surface area contributed by atoms with Crippen LogP contribution in [0.5, 0.6) is 11.5 Å². The summed E-state index contributed by atoms with van der Waals surface area (Å²) in [6, 6.07) is 6.93. The summed E-state index contributed by atoms with van der Waals surface area (Å²) in [4.78, 5) is 12.1. The van der Waals surface area contributed by atoms with Crippen LogP contribution in [-0.2, 0) is 6.61 Å². The quantitative estimate of drug-likeness (QED) is 0.561. The average Bonchev–Trinajstić information content (AvgIpc) is 3.08. The highest BCUT2D eigenvalue weighted by Gasteiger charge is 2.12. The van der Waals surface area contributed by atoms with E-state index in [0.29, 0.717) is 24.7 Å². The summed E-state index contributed by atoms with van der Waals surface area (Å²) in [5, 5.41) is 12.6. The van der Waals surface area contributed by atoms with E-state index in [1.807, 2.05) is 32.0 Å². The van der Waals surface area contributed by atoms with Crippen molar-refractivity contribution in [3.05, 3.63) is 47.4 Å². The second-order valence-corrected chi connectivity index (χ2v) is 4.99. The Hall–Kier alpha value is -2.60. The number of carbonyl (C=O) groups excluding carboxylic acids is 1. The van der Waals surface area contributed by atoms with E-state index in [-0.39, 0.29) is 23.8 Å². The predicted octanol–water partition coefficient (Wildman–Crippen LogP) is 3.25. The number of nitrogens with zero attached hydrogens (tertiary/aromatic N) is 1. The maximum atomic E-state index is 12.1. The van der Waals surface area contributed by atoms with E-state index in [0.717, 1.165) is 12.0 Å². The highest BCUT2D eigenvalue weighted by atomic mass is 16.5. The molecule has 0 atom stereocenters. The Morgan fingerprint density at radius 3 is 2.83 bits per heavy atom. The van der Waals surface area contributed by atoms with Crippen molar-refractivity contribution >= 4 is 11.9 Å². The second kappa shape index (κ2) is 8.88. The summed E-state index contributed by atoms with van der Waals surface area (Å²) in [6.45, 7) is 4.71. The molecular formula is C18H21NO5. The van der Waals surface area contributed by atoms with Crippen LogP contribution in [-0.4, -0.2) is 29.3 Å². The van der Waals surface area contributed by atoms with Crippen LogP contribution in [0.1, 0.15) is 42.1 Å². The Bertz CT molecular complexity index is 705. The number of carbonyl (C=O) groups is 1. The molecule has 6 heteroatoms. The van der Waals surface area contributed by atoms with Gasteiger partial charge in [-0.2, -0.15) is 0 Å². The number of aliphatic hydroxyl groups excluding tert-OH is 1. The van der Waals surface area contributed by atoms with Gasteiger partial charge in [-0.15, -0.1) is 0 Å². The summed E-state index contributed by atoms with van der Waals surface area (Å²) < 4.78 is 16.2. The summed E-state index contributed by atoms with van der Waals surface area (Å²) in [5.41, 5.74) is 0.890. The fourth-order valence-corrected chi connectivity index (χ4v) is 2.05. The topological polar surface area (TPSA) is 81.8 Å². The molecule has 1 aromatic heterocycles. The van der Waals surface area contributed by atoms with Gasteiger partial charge in [0.1, 0.15) is 6.61 Å². The van der Waals surface area contributed by atoms with Gasteiger partial charge in [0, 0.05) is 11.6 Å². The number of ether oxygens (including phenoxy) is 2. The van der Waals surface area contributed by atoms with Crippen LogP contribution in [0.2, 0.25) is 0 Å². The Morgan fingerprint density at radius 1 is 1.33 bits per heavy atom. The van der Waals surface area contributed by atoms with Crippen molar-refractivity contribution in [2.24, 2.45) is 0 Å². The van der Waals surface area contributed by atoms with E-state index >= 15 is 0 Å². The molecule has 0 aliphatic rings. The zero-order valence-corrected chi connectivity index (χ0v) is 13.8. The standard InChI is InChI=1S/C18H21NO5/c1-3-10-23-18-13(6-5-7-17(18)22-4-2)8-9-16(21)15-11-14(12-20)24-19-15/h5-9,11,20H,3-4,10,12H2,1-2H3/b9-8+. The number of ketones is 1. The number of para-hydroxylation sites is 1. The van der Waals surface area contributed by atoms with Crippen molar-refractivity contribution < 1.29 is 23.9 Å². The molecule has 1 heterocycles. The summed E-state index contributed by atoms with van der Waals surface area (Å²) in [5.74, 6) is 1.18. The number of rotatable bonds is 9. The molecule has 6 nitrogen and oxygen atoms in total. The smallest absolute Gasteiger partial charge is 0.207 e. The van der Waals surface area contributed by atoms with Gasteiger partial charge in [-0.25, -0.2) is 0 Å². The first-order valence-electron chi connectivity index (χ1n) is 7.87. The predicted molar refractivity (Wildman–Crippen MR) is 89.2 cm³/mol. The molecular weight excluding hydrogens is 310 g/mol. The van der Waals surface area contributed by atoms with Gasteiger partial charge in [0.2, 0.25) is 5.78 Å². The fourth-order valence-electron chi connectivity index (χ4n) is 2.05. The lowest BCUT2D eigenvalue weighted by molar-refractivity contribution is 0.103. The van der Waals surface area contributed by atoms with Crippen LogP contribution in [0.3, 0.4) is 0 Å². The Morgan fingerprint density at radius 2 is 2.17 bits per heavy atom. The van der Waals surface area contributed by atoms with Gasteiger partial charge in [-0.05, 0) is 31.6 Å². The lowest BCUT2D eigenvalue weighted by Gasteiger charge is -2.13. The van der Waals surface area contributed by atoms with Crippen LogP contribution in [0.15, 0.2) is 34.9 Å². The lowest BCUT2D eigenvalue weighted by Crippen LogP contribution is -2.02. The molecule has 0 bridgehead atoms. The van der Waals surface area contributed by atoms with Crippen LogP contribution in [0, 0.1) is 0 Å². The van der Waals surface area contributed by atoms with Gasteiger partial charge in [0.05, 0.1) is 13.2 Å². The largest absolute Gasteiger partial charge is 0.490 e. The highest BCUT2D eigenvalue weighted by molar-refractivity contribution is 6.05. The van der Waals surface area contributed by atoms with Gasteiger partial charge in [0.15, 0.2) is 23.0 Å². The van der Waals surface area contributed by atoms with Crippen molar-refractivity contribution in [3.63, 3.8) is 0 Å². The SMILES string of the molecule is CCCOc1c(/C=C/C(=O)c2cc(CO)on2)cccc1OCC. The monoisotopic (exact) mass is 331 g/mol. The number of hydrogen-bond acceptors (Lipinski definition) is 6. The minimum atomic E-state index is -0.318. The maximum absolute atomic E-state index is 12.1. The Kier molecular flexibility index (Phi) is 6.57. The van der Waals surface area contributed by atoms with Crippen molar-refractivity contribution in [3.8, 4) is 11.5 Å². The summed E-state index contributed by atoms with van der Waals surface area (Å²) >= 11 is 0. The molecule has 128 valence electrons. The third kappa shape index (κ3) is 4.45. The fraction of sp³-hybridized carbons (Fsp3) is 0.333. The molecule has 2 aromatic rings. The van der Waals surface area contributed by atoms with Crippen molar-refractivity contribution in [1.82, 2.24) is 5.16 Å².